The molecule has 0 atom stereocenters. The first kappa shape index (κ1) is 18.7. The Morgan fingerprint density at radius 3 is 2.29 bits per heavy atom. The van der Waals surface area contributed by atoms with Gasteiger partial charge >= 0.3 is 0 Å². The lowest BCUT2D eigenvalue weighted by atomic mass is 10.2. The molecular formula is C16H25N3O4S. The average molecular weight is 355 g/mol. The summed E-state index contributed by atoms with van der Waals surface area (Å²) in [6.07, 6.45) is 1.18. The van der Waals surface area contributed by atoms with Gasteiger partial charge < -0.3 is 14.5 Å². The molecule has 0 saturated carbocycles. The molecule has 0 spiro atoms. The number of carbonyl (C=O) groups is 1. The van der Waals surface area contributed by atoms with E-state index in [0.717, 1.165) is 31.7 Å². The normalized spacial score (nSPS) is 16.4. The van der Waals surface area contributed by atoms with E-state index in [9.17, 15) is 13.2 Å². The maximum Gasteiger partial charge on any atom is 0.260 e. The summed E-state index contributed by atoms with van der Waals surface area (Å²) in [6, 6.07) is 7.11. The van der Waals surface area contributed by atoms with Gasteiger partial charge in [-0.25, -0.2) is 12.7 Å². The number of benzene rings is 1. The number of carbonyl (C=O) groups excluding carboxylic acids is 1. The fourth-order valence-corrected chi connectivity index (χ4v) is 2.74. The van der Waals surface area contributed by atoms with Crippen molar-refractivity contribution in [3.63, 3.8) is 0 Å². The first-order valence-electron chi connectivity index (χ1n) is 7.85. The van der Waals surface area contributed by atoms with Crippen LogP contribution in [0.2, 0.25) is 0 Å². The summed E-state index contributed by atoms with van der Waals surface area (Å²) in [5.74, 6) is 0.590. The Labute approximate surface area is 143 Å². The monoisotopic (exact) mass is 355 g/mol. The van der Waals surface area contributed by atoms with Gasteiger partial charge in [-0.05, 0) is 24.7 Å². The van der Waals surface area contributed by atoms with E-state index in [1.54, 1.807) is 24.3 Å². The highest BCUT2D eigenvalue weighted by Gasteiger charge is 2.19. The lowest BCUT2D eigenvalue weighted by Crippen LogP contribution is -2.48. The Bertz CT molecular complexity index is 652. The van der Waals surface area contributed by atoms with Gasteiger partial charge in [0.2, 0.25) is 10.0 Å². The fourth-order valence-electron chi connectivity index (χ4n) is 2.36. The number of ether oxygens (including phenoxy) is 1. The minimum atomic E-state index is -3.20. The molecule has 1 heterocycles. The summed E-state index contributed by atoms with van der Waals surface area (Å²) in [6.45, 7) is 3.55. The molecule has 1 fully saturated rings. The maximum atomic E-state index is 12.1. The molecular weight excluding hydrogens is 330 g/mol. The van der Waals surface area contributed by atoms with Crippen LogP contribution in [0.1, 0.15) is 5.56 Å². The topological polar surface area (TPSA) is 70.2 Å². The average Bonchev–Trinajstić information content (AvgIpc) is 2.53. The van der Waals surface area contributed by atoms with Crippen molar-refractivity contribution in [2.45, 2.75) is 6.54 Å². The van der Waals surface area contributed by atoms with Crippen molar-refractivity contribution in [3.8, 4) is 5.75 Å². The van der Waals surface area contributed by atoms with Crippen molar-refractivity contribution in [1.29, 1.82) is 0 Å². The third kappa shape index (κ3) is 5.47. The second-order valence-electron chi connectivity index (χ2n) is 6.14. The zero-order valence-corrected chi connectivity index (χ0v) is 15.3. The molecule has 0 N–H and O–H groups in total. The zero-order valence-electron chi connectivity index (χ0n) is 14.4. The van der Waals surface area contributed by atoms with Gasteiger partial charge in [-0.15, -0.1) is 0 Å². The molecule has 0 bridgehead atoms. The number of rotatable bonds is 6. The van der Waals surface area contributed by atoms with Crippen molar-refractivity contribution in [3.05, 3.63) is 29.8 Å². The lowest BCUT2D eigenvalue weighted by Gasteiger charge is -2.32. The van der Waals surface area contributed by atoms with Crippen molar-refractivity contribution in [2.24, 2.45) is 0 Å². The molecule has 1 saturated heterocycles. The van der Waals surface area contributed by atoms with E-state index < -0.39 is 10.0 Å². The Hall–Kier alpha value is -1.64. The number of sulfonamides is 1. The van der Waals surface area contributed by atoms with Crippen LogP contribution in [0.4, 0.5) is 0 Å². The highest BCUT2D eigenvalue weighted by atomic mass is 32.2. The summed E-state index contributed by atoms with van der Waals surface area (Å²) in [4.78, 5) is 16.1. The second kappa shape index (κ2) is 7.96. The third-order valence-corrected chi connectivity index (χ3v) is 5.37. The van der Waals surface area contributed by atoms with Crippen LogP contribution in [0.5, 0.6) is 5.75 Å². The molecule has 1 aromatic carbocycles. The number of piperazine rings is 1. The molecule has 1 aromatic rings. The molecule has 0 aromatic heterocycles. The van der Waals surface area contributed by atoms with Crippen LogP contribution in [-0.4, -0.2) is 81.6 Å². The van der Waals surface area contributed by atoms with E-state index >= 15 is 0 Å². The summed E-state index contributed by atoms with van der Waals surface area (Å²) in [7, 11) is 0.378. The molecule has 0 unspecified atom stereocenters. The molecule has 24 heavy (non-hydrogen) atoms. The van der Waals surface area contributed by atoms with Crippen molar-refractivity contribution in [1.82, 2.24) is 14.1 Å². The van der Waals surface area contributed by atoms with E-state index in [-0.39, 0.29) is 12.5 Å². The molecule has 1 amide bonds. The van der Waals surface area contributed by atoms with Gasteiger partial charge in [0, 0.05) is 39.8 Å². The fraction of sp³-hybridized carbons (Fsp3) is 0.562. The van der Waals surface area contributed by atoms with Gasteiger partial charge in [-0.1, -0.05) is 12.1 Å². The predicted octanol–water partition coefficient (Wildman–Crippen LogP) is 0.231. The third-order valence-electron chi connectivity index (χ3n) is 4.11. The molecule has 8 heteroatoms. The molecule has 7 nitrogen and oxygen atoms in total. The predicted molar refractivity (Wildman–Crippen MR) is 92.3 cm³/mol. The second-order valence-corrected chi connectivity index (χ2v) is 8.23. The van der Waals surface area contributed by atoms with Crippen LogP contribution in [0.15, 0.2) is 24.3 Å². The van der Waals surface area contributed by atoms with Crippen LogP contribution in [0.3, 0.4) is 0 Å². The Kier molecular flexibility index (Phi) is 6.20. The smallest absolute Gasteiger partial charge is 0.260 e. The van der Waals surface area contributed by atoms with Crippen molar-refractivity contribution >= 4 is 15.9 Å². The van der Waals surface area contributed by atoms with Crippen LogP contribution in [0, 0.1) is 0 Å². The minimum absolute atomic E-state index is 0.0102. The summed E-state index contributed by atoms with van der Waals surface area (Å²) >= 11 is 0. The maximum absolute atomic E-state index is 12.1. The lowest BCUT2D eigenvalue weighted by molar-refractivity contribution is -0.134. The van der Waals surface area contributed by atoms with E-state index in [4.69, 9.17) is 4.74 Å². The van der Waals surface area contributed by atoms with Gasteiger partial charge in [-0.3, -0.25) is 4.79 Å². The Morgan fingerprint density at radius 2 is 1.75 bits per heavy atom. The van der Waals surface area contributed by atoms with Gasteiger partial charge in [0.25, 0.3) is 5.91 Å². The molecule has 1 aliphatic rings. The van der Waals surface area contributed by atoms with Crippen LogP contribution < -0.4 is 4.74 Å². The van der Waals surface area contributed by atoms with Crippen molar-refractivity contribution < 1.29 is 17.9 Å². The van der Waals surface area contributed by atoms with E-state index in [2.05, 4.69) is 4.90 Å². The number of amides is 1. The minimum Gasteiger partial charge on any atom is -0.484 e. The molecule has 0 radical (unpaired) electrons. The van der Waals surface area contributed by atoms with E-state index in [0.29, 0.717) is 12.3 Å². The number of hydrogen-bond acceptors (Lipinski definition) is 5. The van der Waals surface area contributed by atoms with Gasteiger partial charge in [0.1, 0.15) is 5.75 Å². The summed E-state index contributed by atoms with van der Waals surface area (Å²) < 4.78 is 29.6. The quantitative estimate of drug-likeness (QED) is 0.731. The largest absolute Gasteiger partial charge is 0.484 e. The van der Waals surface area contributed by atoms with Crippen LogP contribution >= 0.6 is 0 Å². The van der Waals surface area contributed by atoms with Gasteiger partial charge in [-0.2, -0.15) is 0 Å². The highest BCUT2D eigenvalue weighted by molar-refractivity contribution is 7.88. The number of hydrogen-bond donors (Lipinski definition) is 0. The SMILES string of the molecule is CN1CCN(C(=O)COc2ccc(CN(C)S(C)(=O)=O)cc2)CC1. The van der Waals surface area contributed by atoms with Crippen molar-refractivity contribution in [2.75, 3.05) is 53.1 Å². The standard InChI is InChI=1S/C16H25N3O4S/c1-17-8-10-19(11-9-17)16(20)13-23-15-6-4-14(5-7-15)12-18(2)24(3,21)22/h4-7H,8-13H2,1-3H3. The first-order valence-corrected chi connectivity index (χ1v) is 9.70. The molecule has 134 valence electrons. The number of likely N-dealkylation sites (N-methyl/N-ethyl adjacent to an activating group) is 1. The van der Waals surface area contributed by atoms with Gasteiger partial charge in [0.05, 0.1) is 6.26 Å². The molecule has 0 aliphatic carbocycles. The Balaban J connectivity index is 1.82. The Morgan fingerprint density at radius 1 is 1.17 bits per heavy atom. The van der Waals surface area contributed by atoms with E-state index in [1.807, 2.05) is 11.9 Å². The first-order chi connectivity index (χ1) is 11.3. The summed E-state index contributed by atoms with van der Waals surface area (Å²) in [5.41, 5.74) is 0.862. The van der Waals surface area contributed by atoms with Crippen LogP contribution in [-0.2, 0) is 21.4 Å². The zero-order chi connectivity index (χ0) is 17.7. The highest BCUT2D eigenvalue weighted by Crippen LogP contribution is 2.14. The summed E-state index contributed by atoms with van der Waals surface area (Å²) in [5, 5.41) is 0. The molecule has 1 aliphatic heterocycles. The molecule has 2 rings (SSSR count). The van der Waals surface area contributed by atoms with E-state index in [1.165, 1.54) is 17.6 Å². The van der Waals surface area contributed by atoms with Crippen LogP contribution in [0.25, 0.3) is 0 Å². The number of nitrogens with zero attached hydrogens (tertiary/aromatic N) is 3. The van der Waals surface area contributed by atoms with Gasteiger partial charge in [0.15, 0.2) is 6.61 Å².